The first-order valence-corrected chi connectivity index (χ1v) is 9.13. The van der Waals surface area contributed by atoms with Gasteiger partial charge in [0, 0.05) is 30.5 Å². The molecule has 3 spiro atoms. The molecule has 0 aromatic heterocycles. The van der Waals surface area contributed by atoms with Crippen LogP contribution in [0, 0.1) is 5.41 Å². The summed E-state index contributed by atoms with van der Waals surface area (Å²) in [5.41, 5.74) is 3.38. The molecule has 3 aliphatic carbocycles. The van der Waals surface area contributed by atoms with E-state index < -0.39 is 0 Å². The third-order valence-electron chi connectivity index (χ3n) is 8.27. The van der Waals surface area contributed by atoms with Gasteiger partial charge in [-0.15, -0.1) is 0 Å². The number of anilines is 1. The van der Waals surface area contributed by atoms with Crippen LogP contribution in [0.4, 0.5) is 5.69 Å². The number of likely N-dealkylation sites (N-methyl/N-ethyl adjacent to an activating group) is 1. The molecule has 2 atom stereocenters. The molecular formula is C20H24N2O. The van der Waals surface area contributed by atoms with Crippen molar-refractivity contribution in [1.29, 1.82) is 0 Å². The Morgan fingerprint density at radius 2 is 1.96 bits per heavy atom. The van der Waals surface area contributed by atoms with Crippen molar-refractivity contribution in [3.8, 4) is 5.75 Å². The molecule has 4 fully saturated rings. The van der Waals surface area contributed by atoms with Gasteiger partial charge in [-0.25, -0.2) is 0 Å². The zero-order valence-corrected chi connectivity index (χ0v) is 13.8. The summed E-state index contributed by atoms with van der Waals surface area (Å²) in [7, 11) is 2.24. The smallest absolute Gasteiger partial charge is 0.139 e. The number of benzene rings is 1. The highest BCUT2D eigenvalue weighted by Gasteiger charge is 2.76. The Morgan fingerprint density at radius 3 is 2.78 bits per heavy atom. The maximum atomic E-state index is 10.6. The molecule has 120 valence electrons. The normalized spacial score (nSPS) is 46.0. The lowest BCUT2D eigenvalue weighted by Gasteiger charge is -2.67. The van der Waals surface area contributed by atoms with Gasteiger partial charge in [-0.3, -0.25) is 4.90 Å². The van der Waals surface area contributed by atoms with E-state index in [-0.39, 0.29) is 11.0 Å². The standard InChI is InChI=1S/C20H24N2O/c1-21-16-14(4-2-5-15(16)23)20-11-13-22-12-3-6-18(17(20)22)7-9-19(20,21)10-8-18/h2-6,17,23H,7-13H2,1H3. The summed E-state index contributed by atoms with van der Waals surface area (Å²) in [6.07, 6.45) is 11.4. The first-order chi connectivity index (χ1) is 11.1. The first kappa shape index (κ1) is 12.9. The topological polar surface area (TPSA) is 26.7 Å². The first-order valence-electron chi connectivity index (χ1n) is 9.13. The van der Waals surface area contributed by atoms with Gasteiger partial charge < -0.3 is 10.0 Å². The molecule has 1 aromatic carbocycles. The third kappa shape index (κ3) is 1.09. The van der Waals surface area contributed by atoms with Gasteiger partial charge in [-0.05, 0) is 50.3 Å². The molecule has 3 heteroatoms. The van der Waals surface area contributed by atoms with Crippen LogP contribution in [0.15, 0.2) is 30.4 Å². The van der Waals surface area contributed by atoms with E-state index in [4.69, 9.17) is 0 Å². The number of aromatic hydroxyl groups is 1. The van der Waals surface area contributed by atoms with Crippen molar-refractivity contribution in [3.63, 3.8) is 0 Å². The summed E-state index contributed by atoms with van der Waals surface area (Å²) in [5.74, 6) is 0.477. The van der Waals surface area contributed by atoms with Crippen LogP contribution < -0.4 is 4.90 Å². The number of phenolic OH excluding ortho intramolecular Hbond substituents is 1. The minimum Gasteiger partial charge on any atom is -0.506 e. The zero-order valence-electron chi connectivity index (χ0n) is 13.8. The van der Waals surface area contributed by atoms with Crippen molar-refractivity contribution < 1.29 is 5.11 Å². The number of para-hydroxylation sites is 1. The Hall–Kier alpha value is -1.48. The average Bonchev–Trinajstić information content (AvgIpc) is 3.08. The van der Waals surface area contributed by atoms with E-state index >= 15 is 0 Å². The molecule has 23 heavy (non-hydrogen) atoms. The highest BCUT2D eigenvalue weighted by Crippen LogP contribution is 2.73. The highest BCUT2D eigenvalue weighted by molar-refractivity contribution is 5.75. The van der Waals surface area contributed by atoms with Crippen LogP contribution in [0.2, 0.25) is 0 Å². The summed E-state index contributed by atoms with van der Waals surface area (Å²) in [5, 5.41) is 10.6. The van der Waals surface area contributed by atoms with E-state index in [9.17, 15) is 5.11 Å². The second kappa shape index (κ2) is 3.61. The van der Waals surface area contributed by atoms with Gasteiger partial charge in [-0.1, -0.05) is 24.3 Å². The van der Waals surface area contributed by atoms with Crippen molar-refractivity contribution in [1.82, 2.24) is 4.90 Å². The number of fused-ring (bicyclic) bond motifs is 3. The van der Waals surface area contributed by atoms with Crippen molar-refractivity contribution in [2.24, 2.45) is 5.41 Å². The zero-order chi connectivity index (χ0) is 15.4. The second-order valence-electron chi connectivity index (χ2n) is 8.52. The average molecular weight is 308 g/mol. The number of phenols is 1. The maximum Gasteiger partial charge on any atom is 0.139 e. The lowest BCUT2D eigenvalue weighted by molar-refractivity contribution is -0.0572. The fourth-order valence-corrected chi connectivity index (χ4v) is 7.59. The molecule has 6 aliphatic rings. The lowest BCUT2D eigenvalue weighted by Crippen LogP contribution is -2.73. The van der Waals surface area contributed by atoms with Gasteiger partial charge in [0.15, 0.2) is 0 Å². The largest absolute Gasteiger partial charge is 0.506 e. The molecule has 2 bridgehead atoms. The van der Waals surface area contributed by atoms with Crippen LogP contribution in [0.5, 0.6) is 5.75 Å². The molecule has 1 N–H and O–H groups in total. The summed E-state index contributed by atoms with van der Waals surface area (Å²) < 4.78 is 0. The predicted molar refractivity (Wildman–Crippen MR) is 90.9 cm³/mol. The Balaban J connectivity index is 1.71. The molecule has 0 radical (unpaired) electrons. The van der Waals surface area contributed by atoms with Crippen molar-refractivity contribution in [2.75, 3.05) is 25.0 Å². The Labute approximate surface area is 137 Å². The van der Waals surface area contributed by atoms with Gasteiger partial charge >= 0.3 is 0 Å². The number of rotatable bonds is 0. The minimum atomic E-state index is 0.219. The van der Waals surface area contributed by atoms with Crippen LogP contribution in [0.1, 0.15) is 37.7 Å². The van der Waals surface area contributed by atoms with E-state index in [1.807, 2.05) is 6.07 Å². The quantitative estimate of drug-likeness (QED) is 0.746. The van der Waals surface area contributed by atoms with Gasteiger partial charge in [-0.2, -0.15) is 0 Å². The van der Waals surface area contributed by atoms with E-state index in [1.54, 1.807) is 0 Å². The van der Waals surface area contributed by atoms with E-state index in [2.05, 4.69) is 41.1 Å². The Kier molecular flexibility index (Phi) is 2.02. The van der Waals surface area contributed by atoms with Crippen LogP contribution >= 0.6 is 0 Å². The molecular weight excluding hydrogens is 284 g/mol. The van der Waals surface area contributed by atoms with Crippen LogP contribution in [0.25, 0.3) is 0 Å². The molecule has 1 aromatic rings. The van der Waals surface area contributed by atoms with E-state index in [1.165, 1.54) is 44.2 Å². The predicted octanol–water partition coefficient (Wildman–Crippen LogP) is 3.04. The maximum absolute atomic E-state index is 10.6. The fraction of sp³-hybridized carbons (Fsp3) is 0.600. The van der Waals surface area contributed by atoms with E-state index in [0.29, 0.717) is 17.2 Å². The molecule has 0 amide bonds. The molecule has 3 nitrogen and oxygen atoms in total. The van der Waals surface area contributed by atoms with Crippen LogP contribution in [-0.2, 0) is 5.41 Å². The fourth-order valence-electron chi connectivity index (χ4n) is 7.59. The summed E-state index contributed by atoms with van der Waals surface area (Å²) in [4.78, 5) is 5.24. The van der Waals surface area contributed by atoms with E-state index in [0.717, 1.165) is 12.2 Å². The molecule has 7 rings (SSSR count). The Bertz CT molecular complexity index is 746. The number of nitrogens with zero attached hydrogens (tertiary/aromatic N) is 2. The van der Waals surface area contributed by atoms with Gasteiger partial charge in [0.1, 0.15) is 5.75 Å². The molecule has 3 aliphatic heterocycles. The molecule has 2 unspecified atom stereocenters. The Morgan fingerprint density at radius 1 is 1.13 bits per heavy atom. The highest BCUT2D eigenvalue weighted by atomic mass is 16.3. The lowest BCUT2D eigenvalue weighted by atomic mass is 9.42. The third-order valence-corrected chi connectivity index (χ3v) is 8.27. The molecule has 1 saturated heterocycles. The monoisotopic (exact) mass is 308 g/mol. The molecule has 3 heterocycles. The summed E-state index contributed by atoms with van der Waals surface area (Å²) >= 11 is 0. The van der Waals surface area contributed by atoms with Gasteiger partial charge in [0.05, 0.1) is 11.2 Å². The number of hydrogen-bond donors (Lipinski definition) is 1. The van der Waals surface area contributed by atoms with Crippen LogP contribution in [0.3, 0.4) is 0 Å². The van der Waals surface area contributed by atoms with Crippen molar-refractivity contribution in [2.45, 2.75) is 49.1 Å². The van der Waals surface area contributed by atoms with Crippen molar-refractivity contribution in [3.05, 3.63) is 35.9 Å². The minimum absolute atomic E-state index is 0.219. The van der Waals surface area contributed by atoms with Crippen LogP contribution in [-0.4, -0.2) is 41.7 Å². The summed E-state index contributed by atoms with van der Waals surface area (Å²) in [6, 6.07) is 6.88. The SMILES string of the molecule is CN1c2c(O)cccc2C23CCN4CC=CC5(CCC12CC5)C43. The van der Waals surface area contributed by atoms with Gasteiger partial charge in [0.25, 0.3) is 0 Å². The second-order valence-corrected chi connectivity index (χ2v) is 8.52. The molecule has 3 saturated carbocycles. The summed E-state index contributed by atoms with van der Waals surface area (Å²) in [6.45, 7) is 2.32. The van der Waals surface area contributed by atoms with Gasteiger partial charge in [0.2, 0.25) is 0 Å². The number of hydrogen-bond acceptors (Lipinski definition) is 3. The van der Waals surface area contributed by atoms with Crippen molar-refractivity contribution >= 4 is 5.69 Å².